The van der Waals surface area contributed by atoms with Gasteiger partial charge in [0, 0.05) is 25.9 Å². The first kappa shape index (κ1) is 13.6. The molecular formula is C13H18O4. The highest BCUT2D eigenvalue weighted by atomic mass is 16.3. The first-order valence-corrected chi connectivity index (χ1v) is 5.81. The zero-order valence-electron chi connectivity index (χ0n) is 10.1. The average Bonchev–Trinajstić information content (AvgIpc) is 2.69. The molecule has 4 nitrogen and oxygen atoms in total. The third-order valence-electron chi connectivity index (χ3n) is 2.46. The quantitative estimate of drug-likeness (QED) is 0.750. The van der Waals surface area contributed by atoms with Crippen molar-refractivity contribution >= 4 is 11.6 Å². The highest BCUT2D eigenvalue weighted by molar-refractivity contribution is 5.86. The van der Waals surface area contributed by atoms with Gasteiger partial charge in [-0.2, -0.15) is 0 Å². The van der Waals surface area contributed by atoms with Crippen LogP contribution in [0.25, 0.3) is 0 Å². The van der Waals surface area contributed by atoms with Gasteiger partial charge in [0.05, 0.1) is 6.42 Å². The molecule has 17 heavy (non-hydrogen) atoms. The van der Waals surface area contributed by atoms with Crippen LogP contribution in [0.3, 0.4) is 0 Å². The smallest absolute Gasteiger partial charge is 0.140 e. The molecule has 0 spiro atoms. The number of aliphatic hydroxyl groups is 1. The molecule has 0 saturated carbocycles. The van der Waals surface area contributed by atoms with Gasteiger partial charge in [-0.1, -0.05) is 0 Å². The summed E-state index contributed by atoms with van der Waals surface area (Å²) in [6.45, 7) is 1.84. The predicted molar refractivity (Wildman–Crippen MR) is 62.7 cm³/mol. The molecule has 1 rings (SSSR count). The summed E-state index contributed by atoms with van der Waals surface area (Å²) in [4.78, 5) is 22.8. The van der Waals surface area contributed by atoms with E-state index in [4.69, 9.17) is 9.52 Å². The molecule has 0 atom stereocenters. The summed E-state index contributed by atoms with van der Waals surface area (Å²) >= 11 is 0. The van der Waals surface area contributed by atoms with Crippen molar-refractivity contribution in [1.82, 2.24) is 0 Å². The number of aliphatic hydroxyl groups excluding tert-OH is 1. The van der Waals surface area contributed by atoms with Crippen LogP contribution in [-0.2, 0) is 16.0 Å². The Bertz CT molecular complexity index is 379. The van der Waals surface area contributed by atoms with Crippen LogP contribution in [0.15, 0.2) is 16.5 Å². The Kier molecular flexibility index (Phi) is 5.63. The maximum Gasteiger partial charge on any atom is 0.140 e. The van der Waals surface area contributed by atoms with Crippen molar-refractivity contribution in [3.63, 3.8) is 0 Å². The van der Waals surface area contributed by atoms with Gasteiger partial charge in [0.15, 0.2) is 0 Å². The van der Waals surface area contributed by atoms with Crippen molar-refractivity contribution in [2.45, 2.75) is 39.0 Å². The van der Waals surface area contributed by atoms with Crippen LogP contribution in [0.1, 0.15) is 37.2 Å². The monoisotopic (exact) mass is 238 g/mol. The predicted octanol–water partition coefficient (Wildman–Crippen LogP) is 1.82. The molecule has 0 aliphatic rings. The number of Topliss-reactive ketones (excluding diaryl/α,β-unsaturated/α-hetero) is 2. The Morgan fingerprint density at radius 3 is 2.47 bits per heavy atom. The summed E-state index contributed by atoms with van der Waals surface area (Å²) < 4.78 is 5.29. The average molecular weight is 238 g/mol. The van der Waals surface area contributed by atoms with Gasteiger partial charge in [0.2, 0.25) is 0 Å². The molecule has 0 unspecified atom stereocenters. The topological polar surface area (TPSA) is 67.5 Å². The van der Waals surface area contributed by atoms with Gasteiger partial charge in [0.1, 0.15) is 23.1 Å². The molecular weight excluding hydrogens is 220 g/mol. The molecule has 0 saturated heterocycles. The van der Waals surface area contributed by atoms with Crippen LogP contribution in [-0.4, -0.2) is 23.3 Å². The summed E-state index contributed by atoms with van der Waals surface area (Å²) in [5, 5.41) is 8.56. The Hall–Kier alpha value is -1.42. The minimum absolute atomic E-state index is 0.0108. The van der Waals surface area contributed by atoms with Crippen molar-refractivity contribution < 1.29 is 19.1 Å². The Morgan fingerprint density at radius 2 is 1.88 bits per heavy atom. The van der Waals surface area contributed by atoms with Gasteiger partial charge in [0.25, 0.3) is 0 Å². The zero-order valence-corrected chi connectivity index (χ0v) is 10.1. The summed E-state index contributed by atoms with van der Waals surface area (Å²) in [5.74, 6) is 1.47. The molecule has 0 radical (unpaired) electrons. The molecule has 1 heterocycles. The van der Waals surface area contributed by atoms with E-state index in [9.17, 15) is 9.59 Å². The van der Waals surface area contributed by atoms with E-state index in [-0.39, 0.29) is 37.4 Å². The molecule has 4 heteroatoms. The highest BCUT2D eigenvalue weighted by Gasteiger charge is 2.09. The molecule has 1 aromatic rings. The third kappa shape index (κ3) is 5.45. The van der Waals surface area contributed by atoms with E-state index in [0.29, 0.717) is 18.6 Å². The molecule has 0 aliphatic carbocycles. The van der Waals surface area contributed by atoms with Gasteiger partial charge in [-0.3, -0.25) is 9.59 Å². The van der Waals surface area contributed by atoms with E-state index in [0.717, 1.165) is 5.76 Å². The van der Waals surface area contributed by atoms with E-state index in [2.05, 4.69) is 0 Å². The number of ketones is 2. The maximum atomic E-state index is 11.5. The minimum atomic E-state index is 0.0108. The molecule has 0 fully saturated rings. The second-order valence-corrected chi connectivity index (χ2v) is 4.09. The fourth-order valence-electron chi connectivity index (χ4n) is 1.54. The molecule has 1 N–H and O–H groups in total. The maximum absolute atomic E-state index is 11.5. The summed E-state index contributed by atoms with van der Waals surface area (Å²) in [6.07, 6.45) is 1.59. The first-order valence-electron chi connectivity index (χ1n) is 5.81. The second kappa shape index (κ2) is 7.01. The lowest BCUT2D eigenvalue weighted by Gasteiger charge is -1.99. The van der Waals surface area contributed by atoms with Gasteiger partial charge in [-0.25, -0.2) is 0 Å². The van der Waals surface area contributed by atoms with Crippen molar-refractivity contribution in [3.05, 3.63) is 23.7 Å². The first-order chi connectivity index (χ1) is 8.11. The van der Waals surface area contributed by atoms with Gasteiger partial charge in [-0.05, 0) is 25.5 Å². The van der Waals surface area contributed by atoms with E-state index in [1.54, 1.807) is 6.07 Å². The summed E-state index contributed by atoms with van der Waals surface area (Å²) in [5.41, 5.74) is 0. The van der Waals surface area contributed by atoms with Crippen molar-refractivity contribution in [2.75, 3.05) is 6.61 Å². The molecule has 0 aromatic carbocycles. The van der Waals surface area contributed by atoms with Crippen molar-refractivity contribution in [3.8, 4) is 0 Å². The number of hydrogen-bond acceptors (Lipinski definition) is 4. The normalized spacial score (nSPS) is 10.5. The van der Waals surface area contributed by atoms with E-state index >= 15 is 0 Å². The fraction of sp³-hybridized carbons (Fsp3) is 0.538. The van der Waals surface area contributed by atoms with Crippen LogP contribution >= 0.6 is 0 Å². The molecule has 0 bridgehead atoms. The van der Waals surface area contributed by atoms with Gasteiger partial charge < -0.3 is 9.52 Å². The lowest BCUT2D eigenvalue weighted by Crippen LogP contribution is -2.06. The standard InChI is InChI=1S/C13H18O4/c1-10-4-7-13(17-10)9-12(16)6-5-11(15)3-2-8-14/h4,7,14H,2-3,5-6,8-9H2,1H3. The number of carbonyl (C=O) groups excluding carboxylic acids is 2. The highest BCUT2D eigenvalue weighted by Crippen LogP contribution is 2.09. The third-order valence-corrected chi connectivity index (χ3v) is 2.46. The number of furan rings is 1. The lowest BCUT2D eigenvalue weighted by molar-refractivity contribution is -0.124. The van der Waals surface area contributed by atoms with Crippen LogP contribution in [0.2, 0.25) is 0 Å². The minimum Gasteiger partial charge on any atom is -0.466 e. The zero-order chi connectivity index (χ0) is 12.7. The van der Waals surface area contributed by atoms with E-state index in [1.165, 1.54) is 0 Å². The van der Waals surface area contributed by atoms with Crippen molar-refractivity contribution in [1.29, 1.82) is 0 Å². The Balaban J connectivity index is 2.23. The van der Waals surface area contributed by atoms with Crippen LogP contribution in [0.4, 0.5) is 0 Å². The molecule has 0 amide bonds. The van der Waals surface area contributed by atoms with Crippen LogP contribution in [0, 0.1) is 6.92 Å². The summed E-state index contributed by atoms with van der Waals surface area (Å²) in [6, 6.07) is 3.59. The Labute approximate surface area is 101 Å². The van der Waals surface area contributed by atoms with E-state index < -0.39 is 0 Å². The molecule has 94 valence electrons. The largest absolute Gasteiger partial charge is 0.466 e. The van der Waals surface area contributed by atoms with Gasteiger partial charge >= 0.3 is 0 Å². The molecule has 1 aromatic heterocycles. The van der Waals surface area contributed by atoms with Crippen LogP contribution < -0.4 is 0 Å². The fourth-order valence-corrected chi connectivity index (χ4v) is 1.54. The van der Waals surface area contributed by atoms with E-state index in [1.807, 2.05) is 13.0 Å². The SMILES string of the molecule is Cc1ccc(CC(=O)CCC(=O)CCCO)o1. The molecule has 0 aliphatic heterocycles. The van der Waals surface area contributed by atoms with Crippen molar-refractivity contribution in [2.24, 2.45) is 0 Å². The second-order valence-electron chi connectivity index (χ2n) is 4.09. The Morgan fingerprint density at radius 1 is 1.18 bits per heavy atom. The number of hydrogen-bond donors (Lipinski definition) is 1. The number of aryl methyl sites for hydroxylation is 1. The number of rotatable bonds is 8. The lowest BCUT2D eigenvalue weighted by atomic mass is 10.1. The van der Waals surface area contributed by atoms with Gasteiger partial charge in [-0.15, -0.1) is 0 Å². The van der Waals surface area contributed by atoms with Crippen LogP contribution in [0.5, 0.6) is 0 Å². The number of carbonyl (C=O) groups is 2. The summed E-state index contributed by atoms with van der Waals surface area (Å²) in [7, 11) is 0.